The van der Waals surface area contributed by atoms with Gasteiger partial charge in [0.2, 0.25) is 0 Å². The highest BCUT2D eigenvalue weighted by Gasteiger charge is 2.17. The van der Waals surface area contributed by atoms with Gasteiger partial charge in [0.15, 0.2) is 23.2 Å². The maximum atomic E-state index is 7.70. The number of hydrogen-bond donors (Lipinski definition) is 0. The van der Waals surface area contributed by atoms with Crippen molar-refractivity contribution >= 4 is 27.5 Å². The predicted molar refractivity (Wildman–Crippen MR) is 208 cm³/mol. The number of para-hydroxylation sites is 1. The van der Waals surface area contributed by atoms with Crippen LogP contribution in [0.4, 0.5) is 5.69 Å². The van der Waals surface area contributed by atoms with Crippen LogP contribution in [0.3, 0.4) is 0 Å². The SMILES string of the molecule is [C-]#[N+]c1ccc2c(c1)c1cc(-c3nc(-c4ccc(-c5ccccc5)cc4)nc(-c4ccc(-c5ccccc5)cc4)n3)ccc1n2-c1ccccc1. The molecule has 0 aliphatic heterocycles. The summed E-state index contributed by atoms with van der Waals surface area (Å²) < 4.78 is 2.25. The van der Waals surface area contributed by atoms with Crippen molar-refractivity contribution in [1.29, 1.82) is 0 Å². The average Bonchev–Trinajstić information content (AvgIpc) is 3.54. The molecule has 0 aliphatic rings. The average molecular weight is 652 g/mol. The van der Waals surface area contributed by atoms with Crippen LogP contribution in [0.25, 0.3) is 88.8 Å². The van der Waals surface area contributed by atoms with Crippen LogP contribution in [0.15, 0.2) is 176 Å². The van der Waals surface area contributed by atoms with E-state index < -0.39 is 0 Å². The first-order valence-electron chi connectivity index (χ1n) is 16.8. The Morgan fingerprint density at radius 1 is 0.373 bits per heavy atom. The smallest absolute Gasteiger partial charge is 0.188 e. The van der Waals surface area contributed by atoms with E-state index in [2.05, 4.69) is 113 Å². The van der Waals surface area contributed by atoms with Crippen molar-refractivity contribution < 1.29 is 0 Å². The molecule has 0 fully saturated rings. The third kappa shape index (κ3) is 5.61. The molecule has 2 heterocycles. The molecule has 0 amide bonds. The Hall–Kier alpha value is -7.16. The molecule has 5 nitrogen and oxygen atoms in total. The van der Waals surface area contributed by atoms with Crippen molar-refractivity contribution in [2.45, 2.75) is 0 Å². The molecule has 2 aromatic heterocycles. The molecule has 0 unspecified atom stereocenters. The Morgan fingerprint density at radius 2 is 0.765 bits per heavy atom. The maximum Gasteiger partial charge on any atom is 0.188 e. The number of aromatic nitrogens is 4. The number of nitrogens with zero attached hydrogens (tertiary/aromatic N) is 5. The van der Waals surface area contributed by atoms with Gasteiger partial charge in [0.25, 0.3) is 0 Å². The normalized spacial score (nSPS) is 11.1. The minimum absolute atomic E-state index is 0.582. The van der Waals surface area contributed by atoms with E-state index in [0.717, 1.165) is 66.4 Å². The molecule has 0 atom stereocenters. The molecule has 9 rings (SSSR count). The summed E-state index contributed by atoms with van der Waals surface area (Å²) in [5, 5.41) is 2.03. The number of hydrogen-bond acceptors (Lipinski definition) is 3. The molecule has 0 bridgehead atoms. The third-order valence-corrected chi connectivity index (χ3v) is 9.29. The maximum absolute atomic E-state index is 7.70. The van der Waals surface area contributed by atoms with E-state index in [0.29, 0.717) is 23.2 Å². The fourth-order valence-electron chi connectivity index (χ4n) is 6.72. The van der Waals surface area contributed by atoms with Gasteiger partial charge in [-0.25, -0.2) is 19.8 Å². The van der Waals surface area contributed by atoms with Crippen molar-refractivity contribution in [2.75, 3.05) is 0 Å². The standard InChI is InChI=1S/C46H29N5/c1-47-38-26-28-43-41(30-38)40-29-37(25-27-42(40)51(43)39-15-9-4-10-16-39)46-49-44(35-21-17-33(18-22-35)31-11-5-2-6-12-31)48-45(50-46)36-23-19-34(20-24-36)32-13-7-3-8-14-32/h2-30H. The van der Waals surface area contributed by atoms with E-state index in [-0.39, 0.29) is 0 Å². The summed E-state index contributed by atoms with van der Waals surface area (Å²) in [5.41, 5.74) is 11.0. The first-order valence-corrected chi connectivity index (χ1v) is 16.8. The van der Waals surface area contributed by atoms with Crippen LogP contribution in [0.5, 0.6) is 0 Å². The first kappa shape index (κ1) is 29.9. The van der Waals surface area contributed by atoms with Gasteiger partial charge in [0, 0.05) is 27.8 Å². The molecule has 0 saturated carbocycles. The molecule has 0 spiro atoms. The third-order valence-electron chi connectivity index (χ3n) is 9.29. The lowest BCUT2D eigenvalue weighted by molar-refractivity contribution is 1.07. The van der Waals surface area contributed by atoms with E-state index in [9.17, 15) is 0 Å². The zero-order valence-corrected chi connectivity index (χ0v) is 27.5. The van der Waals surface area contributed by atoms with Crippen LogP contribution >= 0.6 is 0 Å². The molecule has 0 aliphatic carbocycles. The lowest BCUT2D eigenvalue weighted by atomic mass is 10.0. The molecule has 0 N–H and O–H groups in total. The number of rotatable bonds is 6. The van der Waals surface area contributed by atoms with Gasteiger partial charge in [-0.15, -0.1) is 0 Å². The van der Waals surface area contributed by atoms with Gasteiger partial charge in [-0.2, -0.15) is 0 Å². The van der Waals surface area contributed by atoms with Crippen LogP contribution in [-0.2, 0) is 0 Å². The van der Waals surface area contributed by atoms with E-state index in [1.165, 1.54) is 0 Å². The van der Waals surface area contributed by atoms with E-state index >= 15 is 0 Å². The Morgan fingerprint density at radius 3 is 1.27 bits per heavy atom. The molecular weight excluding hydrogens is 623 g/mol. The van der Waals surface area contributed by atoms with Crippen molar-refractivity contribution in [1.82, 2.24) is 19.5 Å². The minimum Gasteiger partial charge on any atom is -0.309 e. The highest BCUT2D eigenvalue weighted by molar-refractivity contribution is 6.11. The van der Waals surface area contributed by atoms with Gasteiger partial charge in [0.1, 0.15) is 0 Å². The van der Waals surface area contributed by atoms with Gasteiger partial charge in [-0.3, -0.25) is 0 Å². The van der Waals surface area contributed by atoms with Crippen LogP contribution in [0.2, 0.25) is 0 Å². The summed E-state index contributed by atoms with van der Waals surface area (Å²) >= 11 is 0. The minimum atomic E-state index is 0.582. The van der Waals surface area contributed by atoms with Gasteiger partial charge in [0.05, 0.1) is 17.6 Å². The summed E-state index contributed by atoms with van der Waals surface area (Å²) in [6.45, 7) is 7.70. The second-order valence-corrected chi connectivity index (χ2v) is 12.4. The zero-order valence-electron chi connectivity index (χ0n) is 27.5. The molecule has 0 saturated heterocycles. The quantitative estimate of drug-likeness (QED) is 0.168. The summed E-state index contributed by atoms with van der Waals surface area (Å²) in [7, 11) is 0. The Kier molecular flexibility index (Phi) is 7.46. The molecule has 0 radical (unpaired) electrons. The Balaban J connectivity index is 1.21. The van der Waals surface area contributed by atoms with Gasteiger partial charge in [-0.1, -0.05) is 133 Å². The van der Waals surface area contributed by atoms with Gasteiger partial charge >= 0.3 is 0 Å². The summed E-state index contributed by atoms with van der Waals surface area (Å²) in [6.07, 6.45) is 0. The highest BCUT2D eigenvalue weighted by Crippen LogP contribution is 2.37. The molecule has 7 aromatic carbocycles. The fourth-order valence-corrected chi connectivity index (χ4v) is 6.72. The van der Waals surface area contributed by atoms with Crippen molar-refractivity contribution in [3.63, 3.8) is 0 Å². The van der Waals surface area contributed by atoms with Crippen LogP contribution in [-0.4, -0.2) is 19.5 Å². The van der Waals surface area contributed by atoms with Crippen molar-refractivity contribution in [3.8, 4) is 62.1 Å². The zero-order chi connectivity index (χ0) is 34.1. The van der Waals surface area contributed by atoms with Crippen LogP contribution in [0.1, 0.15) is 0 Å². The van der Waals surface area contributed by atoms with E-state index in [1.54, 1.807) is 0 Å². The first-order chi connectivity index (χ1) is 25.2. The molecule has 51 heavy (non-hydrogen) atoms. The largest absolute Gasteiger partial charge is 0.309 e. The fraction of sp³-hybridized carbons (Fsp3) is 0. The highest BCUT2D eigenvalue weighted by atomic mass is 15.0. The second-order valence-electron chi connectivity index (χ2n) is 12.4. The van der Waals surface area contributed by atoms with Crippen LogP contribution < -0.4 is 0 Å². The lowest BCUT2D eigenvalue weighted by Crippen LogP contribution is -2.00. The topological polar surface area (TPSA) is 48.0 Å². The van der Waals surface area contributed by atoms with E-state index in [4.69, 9.17) is 21.5 Å². The molecular formula is C46H29N5. The second kappa shape index (κ2) is 12.7. The number of fused-ring (bicyclic) bond motifs is 3. The summed E-state index contributed by atoms with van der Waals surface area (Å²) in [5.74, 6) is 1.78. The van der Waals surface area contributed by atoms with Crippen molar-refractivity contribution in [3.05, 3.63) is 187 Å². The summed E-state index contributed by atoms with van der Waals surface area (Å²) in [6, 6.07) is 60.0. The molecule has 238 valence electrons. The number of benzene rings is 7. The van der Waals surface area contributed by atoms with E-state index in [1.807, 2.05) is 72.8 Å². The van der Waals surface area contributed by atoms with Crippen LogP contribution in [0, 0.1) is 6.57 Å². The van der Waals surface area contributed by atoms with Crippen molar-refractivity contribution in [2.24, 2.45) is 0 Å². The molecule has 5 heteroatoms. The Labute approximate surface area is 295 Å². The van der Waals surface area contributed by atoms with Gasteiger partial charge < -0.3 is 4.57 Å². The monoisotopic (exact) mass is 651 g/mol. The van der Waals surface area contributed by atoms with Gasteiger partial charge in [-0.05, 0) is 70.1 Å². The Bertz CT molecular complexity index is 2610. The summed E-state index contributed by atoms with van der Waals surface area (Å²) in [4.78, 5) is 18.9. The lowest BCUT2D eigenvalue weighted by Gasteiger charge is -2.10. The predicted octanol–water partition coefficient (Wildman–Crippen LogP) is 11.9. The molecule has 9 aromatic rings.